The second kappa shape index (κ2) is 4.87. The molecule has 1 aromatic rings. The van der Waals surface area contributed by atoms with E-state index in [1.807, 2.05) is 37.4 Å². The Kier molecular flexibility index (Phi) is 3.28. The highest BCUT2D eigenvalue weighted by atomic mass is 16.1. The second-order valence-corrected chi connectivity index (χ2v) is 4.18. The Bertz CT molecular complexity index is 474. The van der Waals surface area contributed by atoms with E-state index in [2.05, 4.69) is 17.0 Å². The zero-order valence-corrected chi connectivity index (χ0v) is 9.89. The van der Waals surface area contributed by atoms with Gasteiger partial charge in [-0.2, -0.15) is 0 Å². The lowest BCUT2D eigenvalue weighted by Gasteiger charge is -2.25. The van der Waals surface area contributed by atoms with Crippen LogP contribution in [0.3, 0.4) is 0 Å². The molecule has 1 amide bonds. The average Bonchev–Trinajstić information content (AvgIpc) is 2.33. The fourth-order valence-electron chi connectivity index (χ4n) is 1.83. The minimum atomic E-state index is -0.341. The SMILES string of the molecule is CC1=CCC(C(N)=O)=CN1Cc1ccccc1. The van der Waals surface area contributed by atoms with Crippen molar-refractivity contribution in [3.8, 4) is 0 Å². The predicted octanol–water partition coefficient (Wildman–Crippen LogP) is 2.17. The summed E-state index contributed by atoms with van der Waals surface area (Å²) in [5.74, 6) is -0.341. The molecule has 3 nitrogen and oxygen atoms in total. The van der Waals surface area contributed by atoms with E-state index in [1.54, 1.807) is 0 Å². The van der Waals surface area contributed by atoms with E-state index < -0.39 is 0 Å². The van der Waals surface area contributed by atoms with Crippen LogP contribution in [0.1, 0.15) is 18.9 Å². The van der Waals surface area contributed by atoms with Crippen molar-refractivity contribution in [2.45, 2.75) is 19.9 Å². The molecule has 3 heteroatoms. The normalized spacial score (nSPS) is 15.2. The smallest absolute Gasteiger partial charge is 0.246 e. The van der Waals surface area contributed by atoms with Crippen molar-refractivity contribution in [1.29, 1.82) is 0 Å². The van der Waals surface area contributed by atoms with E-state index in [4.69, 9.17) is 5.73 Å². The Labute approximate surface area is 101 Å². The number of allylic oxidation sites excluding steroid dienone is 2. The second-order valence-electron chi connectivity index (χ2n) is 4.18. The average molecular weight is 228 g/mol. The van der Waals surface area contributed by atoms with E-state index in [9.17, 15) is 4.79 Å². The number of rotatable bonds is 3. The molecular formula is C14H16N2O. The highest BCUT2D eigenvalue weighted by molar-refractivity contribution is 5.92. The van der Waals surface area contributed by atoms with Gasteiger partial charge < -0.3 is 10.6 Å². The quantitative estimate of drug-likeness (QED) is 0.861. The number of carbonyl (C=O) groups is 1. The van der Waals surface area contributed by atoms with Crippen LogP contribution in [-0.2, 0) is 11.3 Å². The van der Waals surface area contributed by atoms with Crippen molar-refractivity contribution in [3.05, 3.63) is 59.4 Å². The fraction of sp³-hybridized carbons (Fsp3) is 0.214. The van der Waals surface area contributed by atoms with Crippen LogP contribution in [0.5, 0.6) is 0 Å². The minimum absolute atomic E-state index is 0.341. The molecule has 1 heterocycles. The standard InChI is InChI=1S/C14H16N2O/c1-11-7-8-13(14(15)17)10-16(11)9-12-5-3-2-4-6-12/h2-7,10H,8-9H2,1H3,(H2,15,17). The summed E-state index contributed by atoms with van der Waals surface area (Å²) >= 11 is 0. The van der Waals surface area contributed by atoms with E-state index in [0.717, 1.165) is 12.2 Å². The number of hydrogen-bond acceptors (Lipinski definition) is 2. The van der Waals surface area contributed by atoms with Crippen LogP contribution in [-0.4, -0.2) is 10.8 Å². The molecule has 0 saturated heterocycles. The molecule has 1 aliphatic rings. The van der Waals surface area contributed by atoms with Crippen molar-refractivity contribution in [2.75, 3.05) is 0 Å². The molecule has 88 valence electrons. The van der Waals surface area contributed by atoms with Gasteiger partial charge in [0.2, 0.25) is 5.91 Å². The van der Waals surface area contributed by atoms with E-state index in [0.29, 0.717) is 12.0 Å². The number of benzene rings is 1. The van der Waals surface area contributed by atoms with Gasteiger partial charge in [-0.25, -0.2) is 0 Å². The summed E-state index contributed by atoms with van der Waals surface area (Å²) in [7, 11) is 0. The molecule has 1 aliphatic heterocycles. The maximum Gasteiger partial charge on any atom is 0.246 e. The van der Waals surface area contributed by atoms with Crippen LogP contribution in [0.25, 0.3) is 0 Å². The lowest BCUT2D eigenvalue weighted by atomic mass is 10.1. The van der Waals surface area contributed by atoms with Gasteiger partial charge in [0.25, 0.3) is 0 Å². The third-order valence-corrected chi connectivity index (χ3v) is 2.89. The maximum atomic E-state index is 11.2. The Morgan fingerprint density at radius 2 is 2.06 bits per heavy atom. The topological polar surface area (TPSA) is 46.3 Å². The number of nitrogens with zero attached hydrogens (tertiary/aromatic N) is 1. The van der Waals surface area contributed by atoms with Crippen molar-refractivity contribution in [1.82, 2.24) is 4.90 Å². The van der Waals surface area contributed by atoms with Gasteiger partial charge in [-0.3, -0.25) is 4.79 Å². The number of hydrogen-bond donors (Lipinski definition) is 1. The number of carbonyl (C=O) groups excluding carboxylic acids is 1. The molecule has 0 spiro atoms. The number of primary amides is 1. The van der Waals surface area contributed by atoms with E-state index in [-0.39, 0.29) is 5.91 Å². The van der Waals surface area contributed by atoms with Crippen molar-refractivity contribution in [3.63, 3.8) is 0 Å². The van der Waals surface area contributed by atoms with Gasteiger partial charge in [0.1, 0.15) is 0 Å². The first-order valence-electron chi connectivity index (χ1n) is 5.64. The summed E-state index contributed by atoms with van der Waals surface area (Å²) in [6, 6.07) is 10.2. The van der Waals surface area contributed by atoms with Gasteiger partial charge in [0, 0.05) is 24.0 Å². The highest BCUT2D eigenvalue weighted by Gasteiger charge is 2.13. The van der Waals surface area contributed by atoms with Gasteiger partial charge in [-0.05, 0) is 18.9 Å². The van der Waals surface area contributed by atoms with Crippen molar-refractivity contribution < 1.29 is 4.79 Å². The summed E-state index contributed by atoms with van der Waals surface area (Å²) in [4.78, 5) is 13.2. The summed E-state index contributed by atoms with van der Waals surface area (Å²) < 4.78 is 0. The minimum Gasteiger partial charge on any atom is -0.366 e. The molecule has 17 heavy (non-hydrogen) atoms. The maximum absolute atomic E-state index is 11.2. The molecule has 0 atom stereocenters. The molecule has 0 aromatic heterocycles. The first kappa shape index (κ1) is 11.5. The Morgan fingerprint density at radius 1 is 1.35 bits per heavy atom. The van der Waals surface area contributed by atoms with Gasteiger partial charge in [-0.1, -0.05) is 36.4 Å². The zero-order valence-electron chi connectivity index (χ0n) is 9.89. The van der Waals surface area contributed by atoms with Crippen LogP contribution in [0.4, 0.5) is 0 Å². The largest absolute Gasteiger partial charge is 0.366 e. The molecule has 0 unspecified atom stereocenters. The van der Waals surface area contributed by atoms with E-state index >= 15 is 0 Å². The fourth-order valence-corrected chi connectivity index (χ4v) is 1.83. The molecule has 0 radical (unpaired) electrons. The Morgan fingerprint density at radius 3 is 2.71 bits per heavy atom. The Balaban J connectivity index is 2.16. The molecule has 2 N–H and O–H groups in total. The van der Waals surface area contributed by atoms with Crippen LogP contribution in [0.2, 0.25) is 0 Å². The third kappa shape index (κ3) is 2.75. The monoisotopic (exact) mass is 228 g/mol. The third-order valence-electron chi connectivity index (χ3n) is 2.89. The lowest BCUT2D eigenvalue weighted by molar-refractivity contribution is -0.114. The van der Waals surface area contributed by atoms with Crippen LogP contribution in [0, 0.1) is 0 Å². The van der Waals surface area contributed by atoms with Gasteiger partial charge in [0.05, 0.1) is 0 Å². The predicted molar refractivity (Wildman–Crippen MR) is 67.6 cm³/mol. The van der Waals surface area contributed by atoms with Gasteiger partial charge >= 0.3 is 0 Å². The molecule has 0 saturated carbocycles. The summed E-state index contributed by atoms with van der Waals surface area (Å²) in [5.41, 5.74) is 8.33. The molecule has 0 aliphatic carbocycles. The summed E-state index contributed by atoms with van der Waals surface area (Å²) in [6.07, 6.45) is 4.51. The first-order valence-corrected chi connectivity index (χ1v) is 5.64. The summed E-state index contributed by atoms with van der Waals surface area (Å²) in [6.45, 7) is 2.80. The Hall–Kier alpha value is -2.03. The van der Waals surface area contributed by atoms with Crippen LogP contribution >= 0.6 is 0 Å². The van der Waals surface area contributed by atoms with Gasteiger partial charge in [0.15, 0.2) is 0 Å². The molecule has 1 aromatic carbocycles. The van der Waals surface area contributed by atoms with E-state index in [1.165, 1.54) is 5.56 Å². The first-order chi connectivity index (χ1) is 8.16. The van der Waals surface area contributed by atoms with Crippen LogP contribution < -0.4 is 5.73 Å². The number of amides is 1. The highest BCUT2D eigenvalue weighted by Crippen LogP contribution is 2.20. The van der Waals surface area contributed by atoms with Crippen LogP contribution in [0.15, 0.2) is 53.9 Å². The number of nitrogens with two attached hydrogens (primary N) is 1. The molecule has 2 rings (SSSR count). The summed E-state index contributed by atoms with van der Waals surface area (Å²) in [5, 5.41) is 0. The molecule has 0 bridgehead atoms. The van der Waals surface area contributed by atoms with Crippen molar-refractivity contribution in [2.24, 2.45) is 5.73 Å². The van der Waals surface area contributed by atoms with Gasteiger partial charge in [-0.15, -0.1) is 0 Å². The lowest BCUT2D eigenvalue weighted by Crippen LogP contribution is -2.23. The molecule has 0 fully saturated rings. The molecular weight excluding hydrogens is 212 g/mol. The zero-order chi connectivity index (χ0) is 12.3. The van der Waals surface area contributed by atoms with Crippen molar-refractivity contribution >= 4 is 5.91 Å².